The highest BCUT2D eigenvalue weighted by Crippen LogP contribution is 2.26. The summed E-state index contributed by atoms with van der Waals surface area (Å²) in [7, 11) is 1.50. The van der Waals surface area contributed by atoms with Crippen LogP contribution in [0.3, 0.4) is 0 Å². The number of amides is 1. The average Bonchev–Trinajstić information content (AvgIpc) is 2.74. The average molecular weight is 398 g/mol. The number of carbonyl (C=O) groups is 1. The van der Waals surface area contributed by atoms with E-state index in [0.717, 1.165) is 38.5 Å². The molecule has 3 rings (SSSR count). The van der Waals surface area contributed by atoms with Crippen LogP contribution in [0.1, 0.15) is 17.3 Å². The molecule has 0 spiro atoms. The van der Waals surface area contributed by atoms with E-state index in [1.165, 1.54) is 13.1 Å². The lowest BCUT2D eigenvalue weighted by molar-refractivity contribution is -0.384. The summed E-state index contributed by atoms with van der Waals surface area (Å²) < 4.78 is 0. The van der Waals surface area contributed by atoms with Crippen LogP contribution >= 0.6 is 0 Å². The monoisotopic (exact) mass is 398 g/mol. The molecule has 2 aromatic rings. The highest BCUT2D eigenvalue weighted by Gasteiger charge is 2.22. The van der Waals surface area contributed by atoms with Crippen LogP contribution in [0.5, 0.6) is 0 Å². The number of nitrogens with zero attached hydrogens (tertiary/aromatic N) is 4. The SMILES string of the molecule is CNC(=O)c1ccc(NC(C)CN2CCN(c3ccccn3)CC2)c([N+](=O)[O-])c1. The van der Waals surface area contributed by atoms with Crippen molar-refractivity contribution in [3.63, 3.8) is 0 Å². The Bertz CT molecular complexity index is 853. The number of benzene rings is 1. The fourth-order valence-corrected chi connectivity index (χ4v) is 3.49. The third-order valence-electron chi connectivity index (χ3n) is 4.96. The highest BCUT2D eigenvalue weighted by atomic mass is 16.6. The van der Waals surface area contributed by atoms with Crippen LogP contribution in [-0.4, -0.2) is 66.5 Å². The lowest BCUT2D eigenvalue weighted by Crippen LogP contribution is -2.49. The number of pyridine rings is 1. The summed E-state index contributed by atoms with van der Waals surface area (Å²) in [6, 6.07) is 10.4. The maximum atomic E-state index is 11.7. The fraction of sp³-hybridized carbons (Fsp3) is 0.400. The zero-order valence-electron chi connectivity index (χ0n) is 16.7. The van der Waals surface area contributed by atoms with Gasteiger partial charge >= 0.3 is 0 Å². The molecule has 1 saturated heterocycles. The summed E-state index contributed by atoms with van der Waals surface area (Å²) in [6.45, 7) is 6.36. The molecule has 0 radical (unpaired) electrons. The topological polar surface area (TPSA) is 104 Å². The van der Waals surface area contributed by atoms with E-state index in [-0.39, 0.29) is 23.2 Å². The number of nitrogens with one attached hydrogen (secondary N) is 2. The van der Waals surface area contributed by atoms with Gasteiger partial charge in [0.15, 0.2) is 0 Å². The summed E-state index contributed by atoms with van der Waals surface area (Å²) >= 11 is 0. The van der Waals surface area contributed by atoms with Crippen molar-refractivity contribution in [2.75, 3.05) is 50.0 Å². The third kappa shape index (κ3) is 5.20. The van der Waals surface area contributed by atoms with Gasteiger partial charge in [-0.2, -0.15) is 0 Å². The van der Waals surface area contributed by atoms with Gasteiger partial charge < -0.3 is 15.5 Å². The Hall–Kier alpha value is -3.20. The van der Waals surface area contributed by atoms with Gasteiger partial charge in [-0.25, -0.2) is 4.98 Å². The van der Waals surface area contributed by atoms with E-state index in [1.54, 1.807) is 18.3 Å². The minimum Gasteiger partial charge on any atom is -0.376 e. The Labute approximate surface area is 169 Å². The minimum atomic E-state index is -0.465. The fourth-order valence-electron chi connectivity index (χ4n) is 3.49. The number of rotatable bonds is 7. The molecule has 2 heterocycles. The number of piperazine rings is 1. The van der Waals surface area contributed by atoms with Crippen LogP contribution in [0.15, 0.2) is 42.6 Å². The Morgan fingerprint density at radius 2 is 2.00 bits per heavy atom. The first kappa shape index (κ1) is 20.5. The molecule has 1 aromatic carbocycles. The van der Waals surface area contributed by atoms with E-state index in [1.807, 2.05) is 25.1 Å². The van der Waals surface area contributed by atoms with Gasteiger partial charge in [0.2, 0.25) is 0 Å². The molecular formula is C20H26N6O3. The van der Waals surface area contributed by atoms with Crippen molar-refractivity contribution in [2.24, 2.45) is 0 Å². The van der Waals surface area contributed by atoms with Gasteiger partial charge in [-0.15, -0.1) is 0 Å². The third-order valence-corrected chi connectivity index (χ3v) is 4.96. The van der Waals surface area contributed by atoms with Gasteiger partial charge in [-0.05, 0) is 31.2 Å². The van der Waals surface area contributed by atoms with Gasteiger partial charge in [0, 0.05) is 63.6 Å². The van der Waals surface area contributed by atoms with E-state index in [2.05, 4.69) is 25.4 Å². The highest BCUT2D eigenvalue weighted by molar-refractivity contribution is 5.95. The van der Waals surface area contributed by atoms with Gasteiger partial charge in [-0.3, -0.25) is 19.8 Å². The van der Waals surface area contributed by atoms with Gasteiger partial charge in [0.25, 0.3) is 11.6 Å². The second-order valence-electron chi connectivity index (χ2n) is 7.09. The second kappa shape index (κ2) is 9.33. The number of carbonyl (C=O) groups excluding carboxylic acids is 1. The number of aromatic nitrogens is 1. The number of hydrogen-bond donors (Lipinski definition) is 2. The van der Waals surface area contributed by atoms with Crippen molar-refractivity contribution in [3.8, 4) is 0 Å². The van der Waals surface area contributed by atoms with Crippen molar-refractivity contribution in [1.29, 1.82) is 0 Å². The van der Waals surface area contributed by atoms with E-state index in [0.29, 0.717) is 5.69 Å². The van der Waals surface area contributed by atoms with Gasteiger partial charge in [0.05, 0.1) is 4.92 Å². The number of anilines is 2. The van der Waals surface area contributed by atoms with E-state index >= 15 is 0 Å². The summed E-state index contributed by atoms with van der Waals surface area (Å²) in [5.74, 6) is 0.642. The molecule has 1 aliphatic heterocycles. The second-order valence-corrected chi connectivity index (χ2v) is 7.09. The molecule has 1 aliphatic rings. The largest absolute Gasteiger partial charge is 0.376 e. The summed E-state index contributed by atoms with van der Waals surface area (Å²) in [5, 5.41) is 17.1. The van der Waals surface area contributed by atoms with E-state index in [9.17, 15) is 14.9 Å². The van der Waals surface area contributed by atoms with E-state index in [4.69, 9.17) is 0 Å². The molecule has 1 aromatic heterocycles. The van der Waals surface area contributed by atoms with Crippen LogP contribution in [0.4, 0.5) is 17.2 Å². The summed E-state index contributed by atoms with van der Waals surface area (Å²) in [5.41, 5.74) is 0.586. The quantitative estimate of drug-likeness (QED) is 0.543. The predicted octanol–water partition coefficient (Wildman–Crippen LogP) is 1.97. The number of nitro benzene ring substituents is 1. The Morgan fingerprint density at radius 3 is 2.62 bits per heavy atom. The van der Waals surface area contributed by atoms with Crippen LogP contribution < -0.4 is 15.5 Å². The predicted molar refractivity (Wildman–Crippen MR) is 112 cm³/mol. The van der Waals surface area contributed by atoms with Crippen molar-refractivity contribution >= 4 is 23.1 Å². The molecule has 1 unspecified atom stereocenters. The first-order valence-electron chi connectivity index (χ1n) is 9.63. The van der Waals surface area contributed by atoms with Crippen molar-refractivity contribution < 1.29 is 9.72 Å². The molecule has 154 valence electrons. The van der Waals surface area contributed by atoms with E-state index < -0.39 is 4.92 Å². The molecule has 9 heteroatoms. The standard InChI is InChI=1S/C20H26N6O3/c1-15(14-24-9-11-25(12-10-24)19-5-3-4-8-22-19)23-17-7-6-16(20(27)21-2)13-18(17)26(28)29/h3-8,13,15,23H,9-12,14H2,1-2H3,(H,21,27). The summed E-state index contributed by atoms with van der Waals surface area (Å²) in [4.78, 5) is 31.7. The van der Waals surface area contributed by atoms with Crippen LogP contribution in [0.2, 0.25) is 0 Å². The molecule has 29 heavy (non-hydrogen) atoms. The molecular weight excluding hydrogens is 372 g/mol. The van der Waals surface area contributed by atoms with Crippen molar-refractivity contribution in [3.05, 3.63) is 58.3 Å². The first-order valence-corrected chi connectivity index (χ1v) is 9.63. The van der Waals surface area contributed by atoms with Crippen LogP contribution in [0, 0.1) is 10.1 Å². The molecule has 1 fully saturated rings. The Kier molecular flexibility index (Phi) is 6.61. The minimum absolute atomic E-state index is 0.0148. The van der Waals surface area contributed by atoms with Gasteiger partial charge in [0.1, 0.15) is 11.5 Å². The maximum absolute atomic E-state index is 11.7. The van der Waals surface area contributed by atoms with Crippen molar-refractivity contribution in [2.45, 2.75) is 13.0 Å². The summed E-state index contributed by atoms with van der Waals surface area (Å²) in [6.07, 6.45) is 1.80. The zero-order valence-corrected chi connectivity index (χ0v) is 16.7. The normalized spacial score (nSPS) is 15.6. The van der Waals surface area contributed by atoms with Gasteiger partial charge in [-0.1, -0.05) is 6.07 Å². The Morgan fingerprint density at radius 1 is 1.24 bits per heavy atom. The molecule has 0 aliphatic carbocycles. The zero-order chi connectivity index (χ0) is 20.8. The molecule has 0 bridgehead atoms. The lowest BCUT2D eigenvalue weighted by atomic mass is 10.1. The van der Waals surface area contributed by atoms with Crippen LogP contribution in [-0.2, 0) is 0 Å². The lowest BCUT2D eigenvalue weighted by Gasteiger charge is -2.36. The first-order chi connectivity index (χ1) is 14.0. The molecule has 9 nitrogen and oxygen atoms in total. The Balaban J connectivity index is 1.58. The molecule has 1 amide bonds. The van der Waals surface area contributed by atoms with Crippen LogP contribution in [0.25, 0.3) is 0 Å². The number of nitro groups is 1. The molecule has 2 N–H and O–H groups in total. The number of hydrogen-bond acceptors (Lipinski definition) is 7. The van der Waals surface area contributed by atoms with Crippen molar-refractivity contribution in [1.82, 2.24) is 15.2 Å². The molecule has 1 atom stereocenters. The smallest absolute Gasteiger partial charge is 0.293 e. The molecule has 0 saturated carbocycles. The maximum Gasteiger partial charge on any atom is 0.293 e.